The molecule has 1 aromatic carbocycles. The van der Waals surface area contributed by atoms with Crippen molar-refractivity contribution in [3.8, 4) is 5.75 Å². The summed E-state index contributed by atoms with van der Waals surface area (Å²) in [5, 5.41) is 3.47. The smallest absolute Gasteiger partial charge is 0.387 e. The lowest BCUT2D eigenvalue weighted by molar-refractivity contribution is -0.0498. The van der Waals surface area contributed by atoms with Gasteiger partial charge in [-0.25, -0.2) is 0 Å². The Labute approximate surface area is 135 Å². The topological polar surface area (TPSA) is 34.1 Å². The number of hydrogen-bond acceptors (Lipinski definition) is 3. The molecule has 0 spiro atoms. The summed E-state index contributed by atoms with van der Waals surface area (Å²) in [6.45, 7) is 0.260. The van der Waals surface area contributed by atoms with Crippen molar-refractivity contribution >= 4 is 0 Å². The second kappa shape index (κ2) is 9.20. The number of aromatic nitrogens is 1. The van der Waals surface area contributed by atoms with E-state index in [2.05, 4.69) is 22.0 Å². The number of halogens is 2. The first-order valence-corrected chi connectivity index (χ1v) is 7.80. The Morgan fingerprint density at radius 2 is 1.87 bits per heavy atom. The number of alkyl halides is 2. The molecule has 1 heterocycles. The summed E-state index contributed by atoms with van der Waals surface area (Å²) in [5.74, 6) is 0.199. The van der Waals surface area contributed by atoms with Gasteiger partial charge in [-0.3, -0.25) is 4.98 Å². The predicted molar refractivity (Wildman–Crippen MR) is 86.8 cm³/mol. The minimum atomic E-state index is -2.77. The normalized spacial score (nSPS) is 12.3. The summed E-state index contributed by atoms with van der Waals surface area (Å²) < 4.78 is 28.5. The Morgan fingerprint density at radius 1 is 1.09 bits per heavy atom. The van der Waals surface area contributed by atoms with Crippen molar-refractivity contribution in [2.24, 2.45) is 0 Å². The second-order valence-electron chi connectivity index (χ2n) is 5.49. The Hall–Kier alpha value is -2.01. The summed E-state index contributed by atoms with van der Waals surface area (Å²) in [5.41, 5.74) is 2.20. The number of ether oxygens (including phenoxy) is 1. The molecule has 124 valence electrons. The highest BCUT2D eigenvalue weighted by Gasteiger charge is 2.05. The molecule has 2 rings (SSSR count). The van der Waals surface area contributed by atoms with E-state index < -0.39 is 6.61 Å². The molecule has 0 aliphatic rings. The average molecular weight is 320 g/mol. The van der Waals surface area contributed by atoms with Crippen LogP contribution in [0.1, 0.15) is 24.6 Å². The largest absolute Gasteiger partial charge is 0.435 e. The van der Waals surface area contributed by atoms with Gasteiger partial charge in [0.1, 0.15) is 5.75 Å². The molecule has 23 heavy (non-hydrogen) atoms. The van der Waals surface area contributed by atoms with Gasteiger partial charge in [-0.2, -0.15) is 8.78 Å². The number of nitrogens with zero attached hydrogens (tertiary/aromatic N) is 1. The molecule has 0 aliphatic heterocycles. The molecule has 0 bridgehead atoms. The van der Waals surface area contributed by atoms with E-state index in [0.29, 0.717) is 6.04 Å². The molecule has 0 fully saturated rings. The minimum Gasteiger partial charge on any atom is -0.435 e. The number of benzene rings is 1. The third kappa shape index (κ3) is 6.74. The van der Waals surface area contributed by atoms with Crippen molar-refractivity contribution in [2.45, 2.75) is 38.8 Å². The molecule has 1 unspecified atom stereocenters. The summed E-state index contributed by atoms with van der Waals surface area (Å²) in [6.07, 6.45) is 4.59. The van der Waals surface area contributed by atoms with Crippen LogP contribution < -0.4 is 10.1 Å². The van der Waals surface area contributed by atoms with E-state index >= 15 is 0 Å². The lowest BCUT2D eigenvalue weighted by Gasteiger charge is -2.14. The number of nitrogens with one attached hydrogen (secondary N) is 1. The fourth-order valence-corrected chi connectivity index (χ4v) is 2.32. The van der Waals surface area contributed by atoms with Gasteiger partial charge in [-0.05, 0) is 49.6 Å². The monoisotopic (exact) mass is 320 g/mol. The van der Waals surface area contributed by atoms with Gasteiger partial charge in [0.2, 0.25) is 0 Å². The van der Waals surface area contributed by atoms with Crippen LogP contribution in [-0.4, -0.2) is 24.2 Å². The van der Waals surface area contributed by atoms with Crippen LogP contribution >= 0.6 is 0 Å². The molecule has 1 aromatic heterocycles. The zero-order valence-electron chi connectivity index (χ0n) is 13.2. The maximum atomic E-state index is 12.1. The van der Waals surface area contributed by atoms with E-state index in [0.717, 1.165) is 37.1 Å². The first-order valence-electron chi connectivity index (χ1n) is 7.80. The van der Waals surface area contributed by atoms with Crippen molar-refractivity contribution in [2.75, 3.05) is 6.54 Å². The molecular weight excluding hydrogens is 298 g/mol. The van der Waals surface area contributed by atoms with Gasteiger partial charge in [0.25, 0.3) is 0 Å². The summed E-state index contributed by atoms with van der Waals surface area (Å²) >= 11 is 0. The van der Waals surface area contributed by atoms with Crippen LogP contribution in [0.5, 0.6) is 5.75 Å². The van der Waals surface area contributed by atoms with Gasteiger partial charge < -0.3 is 10.1 Å². The van der Waals surface area contributed by atoms with Gasteiger partial charge in [0.05, 0.1) is 0 Å². The number of aryl methyl sites for hydroxylation is 1. The van der Waals surface area contributed by atoms with Crippen molar-refractivity contribution in [1.29, 1.82) is 0 Å². The maximum Gasteiger partial charge on any atom is 0.387 e. The minimum absolute atomic E-state index is 0.199. The van der Waals surface area contributed by atoms with Crippen LogP contribution in [-0.2, 0) is 12.8 Å². The fraction of sp³-hybridized carbons (Fsp3) is 0.389. The van der Waals surface area contributed by atoms with E-state index in [4.69, 9.17) is 0 Å². The van der Waals surface area contributed by atoms with Crippen LogP contribution in [0.15, 0.2) is 48.7 Å². The van der Waals surface area contributed by atoms with Crippen molar-refractivity contribution in [3.63, 3.8) is 0 Å². The van der Waals surface area contributed by atoms with E-state index in [-0.39, 0.29) is 5.75 Å². The molecular formula is C18H22F2N2O. The van der Waals surface area contributed by atoms with E-state index in [1.54, 1.807) is 18.3 Å². The summed E-state index contributed by atoms with van der Waals surface area (Å²) in [4.78, 5) is 4.29. The van der Waals surface area contributed by atoms with Gasteiger partial charge in [0.15, 0.2) is 0 Å². The van der Waals surface area contributed by atoms with Crippen LogP contribution in [0, 0.1) is 0 Å². The van der Waals surface area contributed by atoms with Crippen molar-refractivity contribution in [1.82, 2.24) is 10.3 Å². The highest BCUT2D eigenvalue weighted by atomic mass is 19.3. The number of hydrogen-bond donors (Lipinski definition) is 1. The molecule has 2 aromatic rings. The number of pyridine rings is 1. The zero-order valence-corrected chi connectivity index (χ0v) is 13.2. The summed E-state index contributed by atoms with van der Waals surface area (Å²) in [7, 11) is 0. The average Bonchev–Trinajstić information content (AvgIpc) is 2.55. The first-order chi connectivity index (χ1) is 11.1. The molecule has 0 saturated carbocycles. The summed E-state index contributed by atoms with van der Waals surface area (Å²) in [6, 6.07) is 13.1. The Bertz CT molecular complexity index is 561. The predicted octanol–water partition coefficient (Wildman–Crippen LogP) is 3.84. The fourth-order valence-electron chi connectivity index (χ4n) is 2.32. The van der Waals surface area contributed by atoms with Gasteiger partial charge in [-0.15, -0.1) is 0 Å². The Balaban J connectivity index is 1.66. The lowest BCUT2D eigenvalue weighted by Crippen LogP contribution is -2.28. The highest BCUT2D eigenvalue weighted by Crippen LogP contribution is 2.16. The van der Waals surface area contributed by atoms with Gasteiger partial charge in [-0.1, -0.05) is 18.2 Å². The quantitative estimate of drug-likeness (QED) is 0.762. The van der Waals surface area contributed by atoms with Crippen LogP contribution in [0.3, 0.4) is 0 Å². The van der Waals surface area contributed by atoms with Crippen LogP contribution in [0.25, 0.3) is 0 Å². The third-order valence-corrected chi connectivity index (χ3v) is 3.61. The van der Waals surface area contributed by atoms with E-state index in [1.165, 1.54) is 0 Å². The molecule has 5 heteroatoms. The molecule has 0 saturated heterocycles. The molecule has 1 atom stereocenters. The van der Waals surface area contributed by atoms with Crippen molar-refractivity contribution in [3.05, 3.63) is 59.9 Å². The molecule has 1 N–H and O–H groups in total. The molecule has 0 amide bonds. The second-order valence-corrected chi connectivity index (χ2v) is 5.49. The highest BCUT2D eigenvalue weighted by molar-refractivity contribution is 5.27. The van der Waals surface area contributed by atoms with Crippen molar-refractivity contribution < 1.29 is 13.5 Å². The lowest BCUT2D eigenvalue weighted by atomic mass is 10.1. The maximum absolute atomic E-state index is 12.1. The van der Waals surface area contributed by atoms with Crippen LogP contribution in [0.2, 0.25) is 0 Å². The Kier molecular flexibility index (Phi) is 6.94. The standard InChI is InChI=1S/C18H22F2N2O/c1-14(21-13-11-16-4-2-3-12-22-16)5-6-15-7-9-17(10-8-15)23-18(19)20/h2-4,7-10,12,14,18,21H,5-6,11,13H2,1H3. The first kappa shape index (κ1) is 17.3. The van der Waals surface area contributed by atoms with Gasteiger partial charge in [0, 0.05) is 30.9 Å². The van der Waals surface area contributed by atoms with Crippen LogP contribution in [0.4, 0.5) is 8.78 Å². The molecule has 0 aliphatic carbocycles. The zero-order chi connectivity index (χ0) is 16.5. The van der Waals surface area contributed by atoms with Gasteiger partial charge >= 0.3 is 6.61 Å². The number of rotatable bonds is 9. The van der Waals surface area contributed by atoms with E-state index in [9.17, 15) is 8.78 Å². The Morgan fingerprint density at radius 3 is 2.52 bits per heavy atom. The third-order valence-electron chi connectivity index (χ3n) is 3.61. The SMILES string of the molecule is CC(CCc1ccc(OC(F)F)cc1)NCCc1ccccn1. The van der Waals surface area contributed by atoms with E-state index in [1.807, 2.05) is 30.3 Å². The molecule has 0 radical (unpaired) electrons. The molecule has 3 nitrogen and oxygen atoms in total.